The lowest BCUT2D eigenvalue weighted by Crippen LogP contribution is -2.06. The second-order valence-corrected chi connectivity index (χ2v) is 4.57. The highest BCUT2D eigenvalue weighted by molar-refractivity contribution is 5.96. The minimum atomic E-state index is 0.0697. The summed E-state index contributed by atoms with van der Waals surface area (Å²) in [5.74, 6) is 1.62. The summed E-state index contributed by atoms with van der Waals surface area (Å²) in [6, 6.07) is 14.9. The molecule has 3 nitrogen and oxygen atoms in total. The van der Waals surface area contributed by atoms with E-state index in [2.05, 4.69) is 0 Å². The highest BCUT2D eigenvalue weighted by Crippen LogP contribution is 2.15. The van der Waals surface area contributed by atoms with Gasteiger partial charge in [-0.3, -0.25) is 4.79 Å². The molecule has 20 heavy (non-hydrogen) atoms. The maximum Gasteiger partial charge on any atom is 0.166 e. The van der Waals surface area contributed by atoms with E-state index in [1.807, 2.05) is 31.2 Å². The van der Waals surface area contributed by atoms with E-state index >= 15 is 0 Å². The number of hydrogen-bond acceptors (Lipinski definition) is 3. The Balaban J connectivity index is 1.85. The van der Waals surface area contributed by atoms with E-state index in [0.717, 1.165) is 17.1 Å². The van der Waals surface area contributed by atoms with E-state index in [9.17, 15) is 4.79 Å². The van der Waals surface area contributed by atoms with Gasteiger partial charge < -0.3 is 9.47 Å². The van der Waals surface area contributed by atoms with Gasteiger partial charge in [0, 0.05) is 12.0 Å². The van der Waals surface area contributed by atoms with Gasteiger partial charge in [0.1, 0.15) is 11.5 Å². The average Bonchev–Trinajstić information content (AvgIpc) is 2.47. The molecule has 0 saturated heterocycles. The summed E-state index contributed by atoms with van der Waals surface area (Å²) in [5.41, 5.74) is 1.82. The highest BCUT2D eigenvalue weighted by atomic mass is 16.5. The van der Waals surface area contributed by atoms with Gasteiger partial charge in [-0.1, -0.05) is 12.1 Å². The molecule has 2 rings (SSSR count). The second-order valence-electron chi connectivity index (χ2n) is 4.57. The van der Waals surface area contributed by atoms with Crippen LogP contribution in [-0.2, 0) is 0 Å². The maximum atomic E-state index is 12.0. The van der Waals surface area contributed by atoms with Crippen molar-refractivity contribution in [1.29, 1.82) is 0 Å². The molecule has 0 saturated carbocycles. The fraction of sp³-hybridized carbons (Fsp3) is 0.235. The molecule has 2 aromatic rings. The second kappa shape index (κ2) is 6.75. The van der Waals surface area contributed by atoms with Crippen LogP contribution in [-0.4, -0.2) is 19.5 Å². The average molecular weight is 270 g/mol. The summed E-state index contributed by atoms with van der Waals surface area (Å²) in [6.07, 6.45) is 0.361. The van der Waals surface area contributed by atoms with Gasteiger partial charge in [0.2, 0.25) is 0 Å². The molecule has 0 aliphatic carbocycles. The molecular formula is C17H18O3. The molecule has 0 radical (unpaired) electrons. The first-order chi connectivity index (χ1) is 9.69. The largest absolute Gasteiger partial charge is 0.497 e. The summed E-state index contributed by atoms with van der Waals surface area (Å²) in [7, 11) is 1.60. The number of methoxy groups -OCH3 is 1. The SMILES string of the molecule is COc1ccc(C(=O)CCOc2cccc(C)c2)cc1. The van der Waals surface area contributed by atoms with Crippen LogP contribution in [0.5, 0.6) is 11.5 Å². The fourth-order valence-corrected chi connectivity index (χ4v) is 1.89. The zero-order valence-electron chi connectivity index (χ0n) is 11.8. The first-order valence-corrected chi connectivity index (χ1v) is 6.56. The van der Waals surface area contributed by atoms with E-state index in [0.29, 0.717) is 18.6 Å². The molecule has 0 bridgehead atoms. The number of ether oxygens (including phenoxy) is 2. The van der Waals surface area contributed by atoms with Crippen LogP contribution in [0.4, 0.5) is 0 Å². The Kier molecular flexibility index (Phi) is 4.77. The highest BCUT2D eigenvalue weighted by Gasteiger charge is 2.06. The van der Waals surface area contributed by atoms with Crippen LogP contribution < -0.4 is 9.47 Å². The molecule has 0 fully saturated rings. The molecular weight excluding hydrogens is 252 g/mol. The van der Waals surface area contributed by atoms with Crippen LogP contribution in [0.15, 0.2) is 48.5 Å². The van der Waals surface area contributed by atoms with Gasteiger partial charge in [0.25, 0.3) is 0 Å². The third-order valence-electron chi connectivity index (χ3n) is 3.00. The van der Waals surface area contributed by atoms with Crippen LogP contribution in [0.2, 0.25) is 0 Å². The molecule has 0 spiro atoms. The number of carbonyl (C=O) groups is 1. The quantitative estimate of drug-likeness (QED) is 0.751. The Hall–Kier alpha value is -2.29. The van der Waals surface area contributed by atoms with E-state index in [1.165, 1.54) is 0 Å². The zero-order valence-corrected chi connectivity index (χ0v) is 11.8. The topological polar surface area (TPSA) is 35.5 Å². The van der Waals surface area contributed by atoms with Gasteiger partial charge in [-0.2, -0.15) is 0 Å². The molecule has 0 atom stereocenters. The molecule has 0 aliphatic rings. The van der Waals surface area contributed by atoms with Crippen molar-refractivity contribution in [2.45, 2.75) is 13.3 Å². The molecule has 0 aliphatic heterocycles. The van der Waals surface area contributed by atoms with Crippen molar-refractivity contribution in [3.63, 3.8) is 0 Å². The molecule has 0 amide bonds. The molecule has 104 valence electrons. The van der Waals surface area contributed by atoms with Crippen LogP contribution in [0.25, 0.3) is 0 Å². The Morgan fingerprint density at radius 1 is 1.05 bits per heavy atom. The molecule has 0 N–H and O–H groups in total. The van der Waals surface area contributed by atoms with Gasteiger partial charge in [-0.05, 0) is 48.9 Å². The third-order valence-corrected chi connectivity index (χ3v) is 3.00. The van der Waals surface area contributed by atoms with Crippen LogP contribution in [0, 0.1) is 6.92 Å². The van der Waals surface area contributed by atoms with Gasteiger partial charge in [0.05, 0.1) is 13.7 Å². The summed E-state index contributed by atoms with van der Waals surface area (Å²) >= 11 is 0. The van der Waals surface area contributed by atoms with Crippen molar-refractivity contribution in [3.05, 3.63) is 59.7 Å². The number of benzene rings is 2. The Labute approximate surface area is 119 Å². The predicted octanol–water partition coefficient (Wildman–Crippen LogP) is 3.66. The molecule has 2 aromatic carbocycles. The smallest absolute Gasteiger partial charge is 0.166 e. The van der Waals surface area contributed by atoms with E-state index in [-0.39, 0.29) is 5.78 Å². The van der Waals surface area contributed by atoms with Crippen molar-refractivity contribution in [2.24, 2.45) is 0 Å². The number of ketones is 1. The maximum absolute atomic E-state index is 12.0. The van der Waals surface area contributed by atoms with Gasteiger partial charge >= 0.3 is 0 Å². The predicted molar refractivity (Wildman–Crippen MR) is 78.6 cm³/mol. The first kappa shape index (κ1) is 14.1. The van der Waals surface area contributed by atoms with Gasteiger partial charge in [-0.15, -0.1) is 0 Å². The normalized spacial score (nSPS) is 10.1. The number of aryl methyl sites for hydroxylation is 1. The monoisotopic (exact) mass is 270 g/mol. The minimum Gasteiger partial charge on any atom is -0.497 e. The van der Waals surface area contributed by atoms with Crippen molar-refractivity contribution >= 4 is 5.78 Å². The summed E-state index contributed by atoms with van der Waals surface area (Å²) < 4.78 is 10.6. The lowest BCUT2D eigenvalue weighted by molar-refractivity contribution is 0.0962. The molecule has 0 aromatic heterocycles. The number of rotatable bonds is 6. The molecule has 0 unspecified atom stereocenters. The van der Waals surface area contributed by atoms with Crippen LogP contribution in [0.3, 0.4) is 0 Å². The summed E-state index contributed by atoms with van der Waals surface area (Å²) in [5, 5.41) is 0. The van der Waals surface area contributed by atoms with Crippen LogP contribution in [0.1, 0.15) is 22.3 Å². The summed E-state index contributed by atoms with van der Waals surface area (Å²) in [4.78, 5) is 12.0. The van der Waals surface area contributed by atoms with Crippen molar-refractivity contribution in [2.75, 3.05) is 13.7 Å². The number of carbonyl (C=O) groups excluding carboxylic acids is 1. The van der Waals surface area contributed by atoms with Crippen molar-refractivity contribution in [3.8, 4) is 11.5 Å². The Morgan fingerprint density at radius 2 is 1.80 bits per heavy atom. The molecule has 0 heterocycles. The standard InChI is InChI=1S/C17H18O3/c1-13-4-3-5-16(12-13)20-11-10-17(18)14-6-8-15(19-2)9-7-14/h3-9,12H,10-11H2,1-2H3. The van der Waals surface area contributed by atoms with E-state index in [4.69, 9.17) is 9.47 Å². The molecule has 3 heteroatoms. The van der Waals surface area contributed by atoms with Gasteiger partial charge in [0.15, 0.2) is 5.78 Å². The van der Waals surface area contributed by atoms with Gasteiger partial charge in [-0.25, -0.2) is 0 Å². The number of hydrogen-bond donors (Lipinski definition) is 0. The minimum absolute atomic E-state index is 0.0697. The van der Waals surface area contributed by atoms with E-state index in [1.54, 1.807) is 31.4 Å². The van der Waals surface area contributed by atoms with E-state index < -0.39 is 0 Å². The number of Topliss-reactive ketones (excluding diaryl/α,β-unsaturated/α-hetero) is 1. The Bertz CT molecular complexity index is 573. The lowest BCUT2D eigenvalue weighted by Gasteiger charge is -2.07. The van der Waals surface area contributed by atoms with Crippen LogP contribution >= 0.6 is 0 Å². The van der Waals surface area contributed by atoms with Crippen molar-refractivity contribution in [1.82, 2.24) is 0 Å². The third kappa shape index (κ3) is 3.85. The summed E-state index contributed by atoms with van der Waals surface area (Å²) in [6.45, 7) is 2.39. The zero-order chi connectivity index (χ0) is 14.4. The van der Waals surface area contributed by atoms with Crippen molar-refractivity contribution < 1.29 is 14.3 Å². The Morgan fingerprint density at radius 3 is 2.45 bits per heavy atom. The fourth-order valence-electron chi connectivity index (χ4n) is 1.89. The first-order valence-electron chi connectivity index (χ1n) is 6.56. The lowest BCUT2D eigenvalue weighted by atomic mass is 10.1.